The van der Waals surface area contributed by atoms with Crippen LogP contribution in [0.15, 0.2) is 12.3 Å². The highest BCUT2D eigenvalue weighted by Gasteiger charge is 2.25. The number of nitrogens with one attached hydrogen (secondary N) is 1. The maximum atomic E-state index is 9.48. The molecule has 4 nitrogen and oxygen atoms in total. The van der Waals surface area contributed by atoms with Crippen molar-refractivity contribution in [2.75, 3.05) is 18.5 Å². The van der Waals surface area contributed by atoms with Crippen molar-refractivity contribution in [3.05, 3.63) is 22.8 Å². The van der Waals surface area contributed by atoms with E-state index in [4.69, 9.17) is 16.9 Å². The second-order valence-corrected chi connectivity index (χ2v) is 4.73. The van der Waals surface area contributed by atoms with E-state index < -0.39 is 0 Å². The molecule has 0 aromatic carbocycles. The number of nitriles is 1. The second-order valence-electron chi connectivity index (χ2n) is 4.35. The van der Waals surface area contributed by atoms with Crippen LogP contribution in [0.1, 0.15) is 32.3 Å². The van der Waals surface area contributed by atoms with Crippen molar-refractivity contribution in [2.24, 2.45) is 5.41 Å². The summed E-state index contributed by atoms with van der Waals surface area (Å²) < 4.78 is 0. The molecular formula is C13H18ClN3O. The van der Waals surface area contributed by atoms with Gasteiger partial charge in [-0.25, -0.2) is 4.98 Å². The lowest BCUT2D eigenvalue weighted by Gasteiger charge is -2.29. The molecular weight excluding hydrogens is 250 g/mol. The highest BCUT2D eigenvalue weighted by molar-refractivity contribution is 6.34. The van der Waals surface area contributed by atoms with E-state index in [1.807, 2.05) is 19.9 Å². The van der Waals surface area contributed by atoms with Gasteiger partial charge in [0.15, 0.2) is 0 Å². The Morgan fingerprint density at radius 3 is 2.67 bits per heavy atom. The second kappa shape index (κ2) is 6.58. The number of nitrogens with zero attached hydrogens (tertiary/aromatic N) is 2. The molecule has 1 aromatic heterocycles. The summed E-state index contributed by atoms with van der Waals surface area (Å²) in [6, 6.07) is 3.59. The molecule has 1 rings (SSSR count). The summed E-state index contributed by atoms with van der Waals surface area (Å²) in [7, 11) is 0. The topological polar surface area (TPSA) is 68.9 Å². The lowest BCUT2D eigenvalue weighted by atomic mass is 9.83. The van der Waals surface area contributed by atoms with Gasteiger partial charge in [0.25, 0.3) is 0 Å². The average Bonchev–Trinajstić information content (AvgIpc) is 2.42. The lowest BCUT2D eigenvalue weighted by Crippen LogP contribution is -2.32. The first-order chi connectivity index (χ1) is 8.62. The van der Waals surface area contributed by atoms with Crippen LogP contribution in [-0.4, -0.2) is 23.2 Å². The highest BCUT2D eigenvalue weighted by atomic mass is 35.5. The van der Waals surface area contributed by atoms with Gasteiger partial charge in [-0.05, 0) is 18.9 Å². The number of anilines is 1. The molecule has 0 saturated carbocycles. The van der Waals surface area contributed by atoms with Crippen molar-refractivity contribution in [1.82, 2.24) is 4.98 Å². The van der Waals surface area contributed by atoms with E-state index in [1.165, 1.54) is 0 Å². The Labute approximate surface area is 113 Å². The molecule has 0 aliphatic carbocycles. The Morgan fingerprint density at radius 2 is 2.17 bits per heavy atom. The normalized spacial score (nSPS) is 11.1. The number of hydrogen-bond acceptors (Lipinski definition) is 4. The van der Waals surface area contributed by atoms with Crippen LogP contribution in [0.5, 0.6) is 0 Å². The number of pyridine rings is 1. The molecule has 5 heteroatoms. The summed E-state index contributed by atoms with van der Waals surface area (Å²) >= 11 is 6.06. The van der Waals surface area contributed by atoms with Gasteiger partial charge in [0.1, 0.15) is 16.9 Å². The first-order valence-electron chi connectivity index (χ1n) is 6.01. The van der Waals surface area contributed by atoms with Crippen molar-refractivity contribution in [2.45, 2.75) is 26.7 Å². The van der Waals surface area contributed by atoms with Crippen molar-refractivity contribution < 1.29 is 5.11 Å². The van der Waals surface area contributed by atoms with Crippen LogP contribution in [0, 0.1) is 16.7 Å². The molecule has 0 unspecified atom stereocenters. The molecule has 0 aliphatic rings. The van der Waals surface area contributed by atoms with Crippen molar-refractivity contribution in [3.8, 4) is 6.07 Å². The van der Waals surface area contributed by atoms with Crippen LogP contribution in [-0.2, 0) is 0 Å². The number of rotatable bonds is 6. The van der Waals surface area contributed by atoms with E-state index in [0.717, 1.165) is 12.8 Å². The fourth-order valence-electron chi connectivity index (χ4n) is 1.70. The lowest BCUT2D eigenvalue weighted by molar-refractivity contribution is 0.127. The van der Waals surface area contributed by atoms with Crippen LogP contribution in [0.25, 0.3) is 0 Å². The molecule has 0 bridgehead atoms. The van der Waals surface area contributed by atoms with E-state index in [0.29, 0.717) is 22.9 Å². The molecule has 98 valence electrons. The van der Waals surface area contributed by atoms with E-state index in [1.54, 1.807) is 12.3 Å². The Hall–Kier alpha value is -1.31. The van der Waals surface area contributed by atoms with Crippen molar-refractivity contribution in [3.63, 3.8) is 0 Å². The summed E-state index contributed by atoms with van der Waals surface area (Å²) in [4.78, 5) is 4.12. The molecule has 18 heavy (non-hydrogen) atoms. The zero-order valence-electron chi connectivity index (χ0n) is 10.7. The Balaban J connectivity index is 2.84. The maximum Gasteiger partial charge on any atom is 0.146 e. The quantitative estimate of drug-likeness (QED) is 0.832. The summed E-state index contributed by atoms with van der Waals surface area (Å²) in [6.45, 7) is 4.78. The molecule has 0 amide bonds. The fraction of sp³-hybridized carbons (Fsp3) is 0.538. The predicted molar refractivity (Wildman–Crippen MR) is 72.6 cm³/mol. The molecule has 0 fully saturated rings. The van der Waals surface area contributed by atoms with Crippen LogP contribution < -0.4 is 5.32 Å². The third kappa shape index (κ3) is 3.12. The molecule has 2 N–H and O–H groups in total. The minimum Gasteiger partial charge on any atom is -0.396 e. The smallest absolute Gasteiger partial charge is 0.146 e. The van der Waals surface area contributed by atoms with Gasteiger partial charge in [-0.3, -0.25) is 0 Å². The molecule has 1 heterocycles. The summed E-state index contributed by atoms with van der Waals surface area (Å²) in [5, 5.41) is 21.8. The van der Waals surface area contributed by atoms with Crippen LogP contribution >= 0.6 is 11.6 Å². The standard InChI is InChI=1S/C13H18ClN3O/c1-3-13(4-2,9-18)8-17-12-11(14)10(7-15)5-6-16-12/h5-6,18H,3-4,8-9H2,1-2H3,(H,16,17). The van der Waals surface area contributed by atoms with Gasteiger partial charge in [-0.2, -0.15) is 5.26 Å². The zero-order valence-corrected chi connectivity index (χ0v) is 11.5. The first kappa shape index (κ1) is 14.7. The number of halogens is 1. The third-order valence-corrected chi connectivity index (χ3v) is 3.86. The Bertz CT molecular complexity index is 430. The summed E-state index contributed by atoms with van der Waals surface area (Å²) in [5.41, 5.74) is 0.227. The Kier molecular flexibility index (Phi) is 5.39. The maximum absolute atomic E-state index is 9.48. The molecule has 1 aromatic rings. The van der Waals surface area contributed by atoms with E-state index >= 15 is 0 Å². The van der Waals surface area contributed by atoms with Crippen LogP contribution in [0.4, 0.5) is 5.82 Å². The molecule has 0 saturated heterocycles. The van der Waals surface area contributed by atoms with Crippen LogP contribution in [0.3, 0.4) is 0 Å². The largest absolute Gasteiger partial charge is 0.396 e. The van der Waals surface area contributed by atoms with E-state index in [9.17, 15) is 5.11 Å². The average molecular weight is 268 g/mol. The van der Waals surface area contributed by atoms with E-state index in [-0.39, 0.29) is 12.0 Å². The minimum absolute atomic E-state index is 0.114. The molecule has 0 atom stereocenters. The van der Waals surface area contributed by atoms with Gasteiger partial charge in [-0.15, -0.1) is 0 Å². The van der Waals surface area contributed by atoms with Crippen molar-refractivity contribution in [1.29, 1.82) is 5.26 Å². The highest BCUT2D eigenvalue weighted by Crippen LogP contribution is 2.28. The number of aliphatic hydroxyl groups is 1. The Morgan fingerprint density at radius 1 is 1.50 bits per heavy atom. The van der Waals surface area contributed by atoms with E-state index in [2.05, 4.69) is 10.3 Å². The van der Waals surface area contributed by atoms with Gasteiger partial charge in [-0.1, -0.05) is 25.4 Å². The molecule has 0 aliphatic heterocycles. The monoisotopic (exact) mass is 267 g/mol. The number of hydrogen-bond donors (Lipinski definition) is 2. The van der Waals surface area contributed by atoms with Crippen molar-refractivity contribution >= 4 is 17.4 Å². The van der Waals surface area contributed by atoms with Gasteiger partial charge < -0.3 is 10.4 Å². The van der Waals surface area contributed by atoms with Gasteiger partial charge >= 0.3 is 0 Å². The molecule has 0 radical (unpaired) electrons. The SMILES string of the molecule is CCC(CC)(CO)CNc1nccc(C#N)c1Cl. The molecule has 0 spiro atoms. The third-order valence-electron chi connectivity index (χ3n) is 3.48. The van der Waals surface area contributed by atoms with Gasteiger partial charge in [0.05, 0.1) is 12.2 Å². The summed E-state index contributed by atoms with van der Waals surface area (Å²) in [6.07, 6.45) is 3.27. The predicted octanol–water partition coefficient (Wildman–Crippen LogP) is 2.82. The first-order valence-corrected chi connectivity index (χ1v) is 6.39. The minimum atomic E-state index is -0.173. The number of aliphatic hydroxyl groups excluding tert-OH is 1. The van der Waals surface area contributed by atoms with Crippen LogP contribution in [0.2, 0.25) is 5.02 Å². The van der Waals surface area contributed by atoms with Gasteiger partial charge in [0.2, 0.25) is 0 Å². The fourth-order valence-corrected chi connectivity index (χ4v) is 1.92. The zero-order chi connectivity index (χ0) is 13.6. The summed E-state index contributed by atoms with van der Waals surface area (Å²) in [5.74, 6) is 0.496. The van der Waals surface area contributed by atoms with Gasteiger partial charge in [0, 0.05) is 18.2 Å². The number of aromatic nitrogens is 1.